The van der Waals surface area contributed by atoms with Crippen molar-refractivity contribution < 1.29 is 9.53 Å². The summed E-state index contributed by atoms with van der Waals surface area (Å²) in [4.78, 5) is 15.0. The van der Waals surface area contributed by atoms with Gasteiger partial charge >= 0.3 is 0 Å². The van der Waals surface area contributed by atoms with E-state index in [0.29, 0.717) is 6.54 Å². The fourth-order valence-corrected chi connectivity index (χ4v) is 4.39. The van der Waals surface area contributed by atoms with Gasteiger partial charge in [0.15, 0.2) is 0 Å². The van der Waals surface area contributed by atoms with Crippen LogP contribution >= 0.6 is 0 Å². The lowest BCUT2D eigenvalue weighted by Crippen LogP contribution is -2.50. The van der Waals surface area contributed by atoms with Gasteiger partial charge in [-0.1, -0.05) is 18.2 Å². The third-order valence-corrected chi connectivity index (χ3v) is 5.64. The van der Waals surface area contributed by atoms with E-state index in [-0.39, 0.29) is 5.91 Å². The molecule has 3 aromatic rings. The lowest BCUT2D eigenvalue weighted by atomic mass is 9.92. The molecule has 6 heteroatoms. The second kappa shape index (κ2) is 5.87. The highest BCUT2D eigenvalue weighted by Crippen LogP contribution is 2.48. The summed E-state index contributed by atoms with van der Waals surface area (Å²) >= 11 is 0. The van der Waals surface area contributed by atoms with Crippen molar-refractivity contribution in [2.24, 2.45) is 0 Å². The maximum absolute atomic E-state index is 12.9. The summed E-state index contributed by atoms with van der Waals surface area (Å²) in [5, 5.41) is 9.89. The summed E-state index contributed by atoms with van der Waals surface area (Å²) in [6, 6.07) is 14.4. The number of rotatable bonds is 3. The van der Waals surface area contributed by atoms with E-state index < -0.39 is 5.54 Å². The van der Waals surface area contributed by atoms with Crippen molar-refractivity contribution in [3.8, 4) is 16.9 Å². The molecule has 2 aliphatic rings. The van der Waals surface area contributed by atoms with Gasteiger partial charge in [-0.25, -0.2) is 0 Å². The molecule has 0 saturated carbocycles. The molecule has 6 nitrogen and oxygen atoms in total. The number of nitrogens with one attached hydrogen (secondary N) is 2. The Hall–Kier alpha value is -3.28. The fourth-order valence-electron chi connectivity index (χ4n) is 4.39. The molecule has 2 aliphatic heterocycles. The van der Waals surface area contributed by atoms with E-state index in [0.717, 1.165) is 41.1 Å². The first kappa shape index (κ1) is 15.9. The molecular formula is C21H20N4O2. The molecule has 1 aromatic heterocycles. The second-order valence-electron chi connectivity index (χ2n) is 7.05. The van der Waals surface area contributed by atoms with E-state index in [4.69, 9.17) is 4.74 Å². The molecule has 0 bridgehead atoms. The molecule has 1 saturated heterocycles. The molecule has 1 unspecified atom stereocenters. The van der Waals surface area contributed by atoms with Gasteiger partial charge in [0.25, 0.3) is 0 Å². The minimum Gasteiger partial charge on any atom is -0.496 e. The number of hydrogen-bond acceptors (Lipinski definition) is 4. The summed E-state index contributed by atoms with van der Waals surface area (Å²) in [5.74, 6) is 0.850. The van der Waals surface area contributed by atoms with Gasteiger partial charge in [-0.3, -0.25) is 9.89 Å². The van der Waals surface area contributed by atoms with E-state index in [2.05, 4.69) is 38.6 Å². The number of amides is 1. The van der Waals surface area contributed by atoms with Crippen LogP contribution in [0.1, 0.15) is 12.0 Å². The summed E-state index contributed by atoms with van der Waals surface area (Å²) in [6.07, 6.45) is 5.12. The number of methoxy groups -OCH3 is 1. The van der Waals surface area contributed by atoms with Crippen LogP contribution in [0.15, 0.2) is 54.9 Å². The highest BCUT2D eigenvalue weighted by Gasteiger charge is 2.52. The van der Waals surface area contributed by atoms with E-state index in [9.17, 15) is 4.79 Å². The van der Waals surface area contributed by atoms with Crippen LogP contribution in [0, 0.1) is 0 Å². The molecule has 27 heavy (non-hydrogen) atoms. The van der Waals surface area contributed by atoms with Crippen molar-refractivity contribution in [3.05, 3.63) is 60.4 Å². The number of aromatic nitrogens is 2. The molecule has 2 N–H and O–H groups in total. The molecule has 1 spiro atoms. The van der Waals surface area contributed by atoms with Crippen LogP contribution in [0.3, 0.4) is 0 Å². The highest BCUT2D eigenvalue weighted by molar-refractivity contribution is 5.98. The van der Waals surface area contributed by atoms with Gasteiger partial charge in [-0.05, 0) is 30.2 Å². The zero-order chi connectivity index (χ0) is 18.4. The second-order valence-corrected chi connectivity index (χ2v) is 7.05. The number of benzene rings is 2. The topological polar surface area (TPSA) is 70.2 Å². The SMILES string of the molecule is COc1cc(N2c3ccccc3CC23CCNC3=O)ccc1-c1cn[nH]c1. The zero-order valence-electron chi connectivity index (χ0n) is 15.0. The minimum absolute atomic E-state index is 0.0941. The number of H-pyrrole nitrogens is 1. The molecule has 1 fully saturated rings. The smallest absolute Gasteiger partial charge is 0.246 e. The number of ether oxygens (including phenoxy) is 1. The molecular weight excluding hydrogens is 340 g/mol. The Bertz CT molecular complexity index is 1010. The lowest BCUT2D eigenvalue weighted by molar-refractivity contribution is -0.123. The fraction of sp³-hybridized carbons (Fsp3) is 0.238. The number of fused-ring (bicyclic) bond motifs is 1. The van der Waals surface area contributed by atoms with Crippen molar-refractivity contribution in [2.75, 3.05) is 18.6 Å². The predicted octanol–water partition coefficient (Wildman–Crippen LogP) is 3.04. The van der Waals surface area contributed by atoms with Crippen molar-refractivity contribution in [2.45, 2.75) is 18.4 Å². The minimum atomic E-state index is -0.564. The first-order chi connectivity index (χ1) is 13.2. The Labute approximate surface area is 157 Å². The average molecular weight is 360 g/mol. The van der Waals surface area contributed by atoms with Crippen molar-refractivity contribution >= 4 is 17.3 Å². The predicted molar refractivity (Wildman–Crippen MR) is 103 cm³/mol. The largest absolute Gasteiger partial charge is 0.496 e. The third kappa shape index (κ3) is 2.26. The highest BCUT2D eigenvalue weighted by atomic mass is 16.5. The number of para-hydroxylation sites is 1. The normalized spacial score (nSPS) is 20.8. The number of anilines is 2. The Morgan fingerprint density at radius 1 is 1.22 bits per heavy atom. The molecule has 1 amide bonds. The maximum Gasteiger partial charge on any atom is 0.246 e. The van der Waals surface area contributed by atoms with Crippen molar-refractivity contribution in [3.63, 3.8) is 0 Å². The molecule has 0 radical (unpaired) electrons. The van der Waals surface area contributed by atoms with E-state index in [1.54, 1.807) is 13.3 Å². The Morgan fingerprint density at radius 3 is 2.85 bits per heavy atom. The Morgan fingerprint density at radius 2 is 2.11 bits per heavy atom. The van der Waals surface area contributed by atoms with Crippen LogP contribution in [-0.4, -0.2) is 35.3 Å². The lowest BCUT2D eigenvalue weighted by Gasteiger charge is -2.35. The van der Waals surface area contributed by atoms with Gasteiger partial charge in [0.05, 0.1) is 13.3 Å². The van der Waals surface area contributed by atoms with Crippen molar-refractivity contribution in [1.82, 2.24) is 15.5 Å². The Kier molecular flexibility index (Phi) is 3.47. The van der Waals surface area contributed by atoms with E-state index in [1.807, 2.05) is 30.5 Å². The summed E-state index contributed by atoms with van der Waals surface area (Å²) in [7, 11) is 1.67. The van der Waals surface area contributed by atoms with Crippen LogP contribution in [-0.2, 0) is 11.2 Å². The molecule has 0 aliphatic carbocycles. The number of nitrogens with zero attached hydrogens (tertiary/aromatic N) is 2. The van der Waals surface area contributed by atoms with Crippen LogP contribution in [0.2, 0.25) is 0 Å². The zero-order valence-corrected chi connectivity index (χ0v) is 15.0. The number of carbonyl (C=O) groups is 1. The van der Waals surface area contributed by atoms with E-state index in [1.165, 1.54) is 5.56 Å². The van der Waals surface area contributed by atoms with Crippen LogP contribution in [0.25, 0.3) is 11.1 Å². The molecule has 1 atom stereocenters. The van der Waals surface area contributed by atoms with Gasteiger partial charge in [0, 0.05) is 47.7 Å². The van der Waals surface area contributed by atoms with E-state index >= 15 is 0 Å². The molecule has 2 aromatic carbocycles. The standard InChI is InChI=1S/C21H20N4O2/c1-27-19-10-16(6-7-17(19)15-12-23-24-13-15)25-18-5-3-2-4-14(18)11-21(25)8-9-22-20(21)26/h2-7,10,12-13H,8-9,11H2,1H3,(H,22,26)(H,23,24). The first-order valence-corrected chi connectivity index (χ1v) is 9.06. The summed E-state index contributed by atoms with van der Waals surface area (Å²) < 4.78 is 5.67. The maximum atomic E-state index is 12.9. The van der Waals surface area contributed by atoms with Crippen LogP contribution in [0.5, 0.6) is 5.75 Å². The summed E-state index contributed by atoms with van der Waals surface area (Å²) in [5.41, 5.74) is 4.62. The number of carbonyl (C=O) groups excluding carboxylic acids is 1. The molecule has 136 valence electrons. The number of hydrogen-bond donors (Lipinski definition) is 2. The first-order valence-electron chi connectivity index (χ1n) is 9.06. The van der Waals surface area contributed by atoms with Crippen LogP contribution in [0.4, 0.5) is 11.4 Å². The molecule has 3 heterocycles. The van der Waals surface area contributed by atoms with Gasteiger partial charge < -0.3 is 15.0 Å². The third-order valence-electron chi connectivity index (χ3n) is 5.64. The monoisotopic (exact) mass is 360 g/mol. The number of aromatic amines is 1. The van der Waals surface area contributed by atoms with Gasteiger partial charge in [0.1, 0.15) is 11.3 Å². The average Bonchev–Trinajstić information content (AvgIpc) is 3.41. The quantitative estimate of drug-likeness (QED) is 0.753. The van der Waals surface area contributed by atoms with Crippen molar-refractivity contribution in [1.29, 1.82) is 0 Å². The Balaban J connectivity index is 1.67. The van der Waals surface area contributed by atoms with Crippen LogP contribution < -0.4 is 15.0 Å². The van der Waals surface area contributed by atoms with Gasteiger partial charge in [-0.2, -0.15) is 5.10 Å². The van der Waals surface area contributed by atoms with Gasteiger partial charge in [0.2, 0.25) is 5.91 Å². The summed E-state index contributed by atoms with van der Waals surface area (Å²) in [6.45, 7) is 0.702. The molecule has 5 rings (SSSR count). The van der Waals surface area contributed by atoms with Gasteiger partial charge in [-0.15, -0.1) is 0 Å².